The van der Waals surface area contributed by atoms with E-state index in [0.717, 1.165) is 32.9 Å². The lowest BCUT2D eigenvalue weighted by atomic mass is 10.1. The van der Waals surface area contributed by atoms with Crippen LogP contribution in [-0.4, -0.2) is 4.98 Å². The van der Waals surface area contributed by atoms with Crippen molar-refractivity contribution in [3.63, 3.8) is 0 Å². The van der Waals surface area contributed by atoms with Crippen LogP contribution in [0.25, 0.3) is 10.9 Å². The number of hydrogen-bond donors (Lipinski definition) is 1. The van der Waals surface area contributed by atoms with Gasteiger partial charge in [-0.25, -0.2) is 0 Å². The summed E-state index contributed by atoms with van der Waals surface area (Å²) in [5.74, 6) is 0. The highest BCUT2D eigenvalue weighted by molar-refractivity contribution is 6.32. The smallest absolute Gasteiger partial charge is 0.0766 e. The highest BCUT2D eigenvalue weighted by Crippen LogP contribution is 2.30. The van der Waals surface area contributed by atoms with Crippen LogP contribution in [-0.2, 0) is 0 Å². The normalized spacial score (nSPS) is 10.8. The quantitative estimate of drug-likeness (QED) is 0.667. The number of nitrogens with zero attached hydrogens (tertiary/aromatic N) is 1. The minimum Gasteiger partial charge on any atom is -0.355 e. The van der Waals surface area contributed by atoms with E-state index >= 15 is 0 Å². The van der Waals surface area contributed by atoms with Crippen molar-refractivity contribution >= 4 is 45.5 Å². The van der Waals surface area contributed by atoms with Gasteiger partial charge in [0.15, 0.2) is 0 Å². The second-order valence-electron chi connectivity index (χ2n) is 4.56. The molecule has 0 spiro atoms. The fraction of sp³-hybridized carbons (Fsp3) is 0.0625. The average Bonchev–Trinajstić information content (AvgIpc) is 2.43. The van der Waals surface area contributed by atoms with Crippen molar-refractivity contribution in [2.24, 2.45) is 0 Å². The van der Waals surface area contributed by atoms with E-state index in [0.29, 0.717) is 5.02 Å². The van der Waals surface area contributed by atoms with Crippen LogP contribution in [0.2, 0.25) is 10.0 Å². The molecular formula is C16H12Cl2N2. The van der Waals surface area contributed by atoms with E-state index < -0.39 is 0 Å². The number of benzene rings is 2. The van der Waals surface area contributed by atoms with Crippen molar-refractivity contribution in [2.75, 3.05) is 5.32 Å². The topological polar surface area (TPSA) is 24.9 Å². The van der Waals surface area contributed by atoms with Gasteiger partial charge in [0.2, 0.25) is 0 Å². The molecule has 0 amide bonds. The van der Waals surface area contributed by atoms with Gasteiger partial charge in [0.05, 0.1) is 5.52 Å². The second-order valence-corrected chi connectivity index (χ2v) is 5.41. The van der Waals surface area contributed by atoms with E-state index in [1.165, 1.54) is 0 Å². The Bertz CT molecular complexity index is 785. The molecule has 0 aliphatic rings. The number of pyridine rings is 1. The summed E-state index contributed by atoms with van der Waals surface area (Å²) in [5.41, 5.74) is 3.82. The van der Waals surface area contributed by atoms with Crippen molar-refractivity contribution < 1.29 is 0 Å². The predicted molar refractivity (Wildman–Crippen MR) is 86.2 cm³/mol. The number of anilines is 2. The minimum atomic E-state index is 0.701. The van der Waals surface area contributed by atoms with Gasteiger partial charge in [0.1, 0.15) is 0 Å². The van der Waals surface area contributed by atoms with Crippen molar-refractivity contribution in [1.29, 1.82) is 0 Å². The molecule has 1 heterocycles. The molecular weight excluding hydrogens is 291 g/mol. The van der Waals surface area contributed by atoms with Crippen molar-refractivity contribution in [3.8, 4) is 0 Å². The van der Waals surface area contributed by atoms with Crippen molar-refractivity contribution in [2.45, 2.75) is 6.92 Å². The Balaban J connectivity index is 2.10. The lowest BCUT2D eigenvalue weighted by Crippen LogP contribution is -1.94. The third-order valence-electron chi connectivity index (χ3n) is 3.20. The number of fused-ring (bicyclic) bond motifs is 1. The van der Waals surface area contributed by atoms with Gasteiger partial charge in [0.25, 0.3) is 0 Å². The zero-order valence-corrected chi connectivity index (χ0v) is 12.3. The predicted octanol–water partition coefficient (Wildman–Crippen LogP) is 5.59. The van der Waals surface area contributed by atoms with Gasteiger partial charge in [-0.2, -0.15) is 0 Å². The number of hydrogen-bond acceptors (Lipinski definition) is 2. The molecule has 2 nitrogen and oxygen atoms in total. The first-order valence-electron chi connectivity index (χ1n) is 6.21. The molecule has 0 unspecified atom stereocenters. The summed E-state index contributed by atoms with van der Waals surface area (Å²) >= 11 is 12.1. The van der Waals surface area contributed by atoms with Crippen LogP contribution < -0.4 is 5.32 Å². The average molecular weight is 303 g/mol. The molecule has 3 aromatic rings. The van der Waals surface area contributed by atoms with Crippen LogP contribution in [0.15, 0.2) is 48.7 Å². The van der Waals surface area contributed by atoms with Gasteiger partial charge < -0.3 is 5.32 Å². The molecule has 0 aliphatic carbocycles. The molecule has 0 saturated carbocycles. The summed E-state index contributed by atoms with van der Waals surface area (Å²) in [7, 11) is 0. The van der Waals surface area contributed by atoms with E-state index in [1.807, 2.05) is 49.4 Å². The Morgan fingerprint density at radius 1 is 1.05 bits per heavy atom. The molecule has 1 N–H and O–H groups in total. The zero-order valence-electron chi connectivity index (χ0n) is 10.8. The van der Waals surface area contributed by atoms with Gasteiger partial charge >= 0.3 is 0 Å². The molecule has 2 aromatic carbocycles. The van der Waals surface area contributed by atoms with Gasteiger partial charge in [0, 0.05) is 33.0 Å². The van der Waals surface area contributed by atoms with E-state index in [4.69, 9.17) is 23.2 Å². The lowest BCUT2D eigenvalue weighted by molar-refractivity contribution is 1.36. The van der Waals surface area contributed by atoms with Crippen LogP contribution >= 0.6 is 23.2 Å². The van der Waals surface area contributed by atoms with Gasteiger partial charge in [-0.05, 0) is 48.9 Å². The van der Waals surface area contributed by atoms with Crippen LogP contribution in [0, 0.1) is 6.92 Å². The van der Waals surface area contributed by atoms with Gasteiger partial charge in [-0.1, -0.05) is 29.3 Å². The first-order valence-corrected chi connectivity index (χ1v) is 6.97. The van der Waals surface area contributed by atoms with Crippen molar-refractivity contribution in [1.82, 2.24) is 4.98 Å². The standard InChI is InChI=1S/C16H12Cl2N2/c1-10-14(18)6-5-13-15(7-8-19-16(10)13)20-12-4-2-3-11(17)9-12/h2-9H,1H3,(H,19,20). The summed E-state index contributed by atoms with van der Waals surface area (Å²) in [4.78, 5) is 4.41. The highest BCUT2D eigenvalue weighted by atomic mass is 35.5. The van der Waals surface area contributed by atoms with E-state index in [9.17, 15) is 0 Å². The maximum Gasteiger partial charge on any atom is 0.0766 e. The van der Waals surface area contributed by atoms with Gasteiger partial charge in [-0.3, -0.25) is 4.98 Å². The van der Waals surface area contributed by atoms with Crippen LogP contribution in [0.4, 0.5) is 11.4 Å². The van der Waals surface area contributed by atoms with Gasteiger partial charge in [-0.15, -0.1) is 0 Å². The largest absolute Gasteiger partial charge is 0.355 e. The van der Waals surface area contributed by atoms with Crippen molar-refractivity contribution in [3.05, 3.63) is 64.3 Å². The molecule has 3 rings (SSSR count). The molecule has 0 atom stereocenters. The Hall–Kier alpha value is -1.77. The first kappa shape index (κ1) is 13.2. The third-order valence-corrected chi connectivity index (χ3v) is 3.85. The molecule has 4 heteroatoms. The maximum atomic E-state index is 6.14. The monoisotopic (exact) mass is 302 g/mol. The molecule has 100 valence electrons. The SMILES string of the molecule is Cc1c(Cl)ccc2c(Nc3cccc(Cl)c3)ccnc12. The Labute approximate surface area is 127 Å². The summed E-state index contributed by atoms with van der Waals surface area (Å²) in [6.07, 6.45) is 1.78. The molecule has 0 bridgehead atoms. The minimum absolute atomic E-state index is 0.701. The molecule has 0 fully saturated rings. The fourth-order valence-electron chi connectivity index (χ4n) is 2.17. The number of nitrogens with one attached hydrogen (secondary N) is 1. The molecule has 20 heavy (non-hydrogen) atoms. The molecule has 0 aliphatic heterocycles. The number of halogens is 2. The zero-order chi connectivity index (χ0) is 14.1. The summed E-state index contributed by atoms with van der Waals surface area (Å²) in [5, 5.41) is 5.83. The second kappa shape index (κ2) is 5.31. The van der Waals surface area contributed by atoms with E-state index in [-0.39, 0.29) is 0 Å². The van der Waals surface area contributed by atoms with Crippen LogP contribution in [0.5, 0.6) is 0 Å². The van der Waals surface area contributed by atoms with Crippen LogP contribution in [0.3, 0.4) is 0 Å². The maximum absolute atomic E-state index is 6.14. The van der Waals surface area contributed by atoms with E-state index in [2.05, 4.69) is 10.3 Å². The Kier molecular flexibility index (Phi) is 3.51. The lowest BCUT2D eigenvalue weighted by Gasteiger charge is -2.11. The molecule has 0 radical (unpaired) electrons. The molecule has 1 aromatic heterocycles. The third kappa shape index (κ3) is 2.45. The number of aryl methyl sites for hydroxylation is 1. The Morgan fingerprint density at radius 2 is 1.90 bits per heavy atom. The fourth-order valence-corrected chi connectivity index (χ4v) is 2.51. The summed E-state index contributed by atoms with van der Waals surface area (Å²) in [6, 6.07) is 13.4. The number of rotatable bonds is 2. The first-order chi connectivity index (χ1) is 9.65. The number of aromatic nitrogens is 1. The summed E-state index contributed by atoms with van der Waals surface area (Å²) in [6.45, 7) is 1.97. The molecule has 0 saturated heterocycles. The van der Waals surface area contributed by atoms with E-state index in [1.54, 1.807) is 6.20 Å². The Morgan fingerprint density at radius 3 is 2.70 bits per heavy atom. The van der Waals surface area contributed by atoms with Crippen LogP contribution in [0.1, 0.15) is 5.56 Å². The highest BCUT2D eigenvalue weighted by Gasteiger charge is 2.07. The summed E-state index contributed by atoms with van der Waals surface area (Å²) < 4.78 is 0.